The highest BCUT2D eigenvalue weighted by Gasteiger charge is 2.16. The molecule has 1 N–H and O–H groups in total. The molecule has 0 atom stereocenters. The standard InChI is InChI=1S/C15H13BrO2/c1-10-12(9-16)7-8-13(14(10)15(17)18)11-5-3-2-4-6-11/h2-8H,9H2,1H3,(H,17,18). The third-order valence-corrected chi connectivity index (χ3v) is 3.62. The number of aromatic carboxylic acids is 1. The molecule has 92 valence electrons. The molecule has 18 heavy (non-hydrogen) atoms. The second-order valence-corrected chi connectivity index (χ2v) is 4.64. The van der Waals surface area contributed by atoms with E-state index in [1.54, 1.807) is 0 Å². The maximum Gasteiger partial charge on any atom is 0.336 e. The third-order valence-electron chi connectivity index (χ3n) is 3.02. The Labute approximate surface area is 114 Å². The minimum atomic E-state index is -0.880. The van der Waals surface area contributed by atoms with Gasteiger partial charge in [0.25, 0.3) is 0 Å². The van der Waals surface area contributed by atoms with Gasteiger partial charge < -0.3 is 5.11 Å². The highest BCUT2D eigenvalue weighted by molar-refractivity contribution is 9.08. The number of halogens is 1. The number of carbonyl (C=O) groups is 1. The fourth-order valence-electron chi connectivity index (χ4n) is 2.03. The van der Waals surface area contributed by atoms with E-state index in [1.165, 1.54) is 0 Å². The van der Waals surface area contributed by atoms with Crippen LogP contribution in [0.1, 0.15) is 21.5 Å². The van der Waals surface area contributed by atoms with Crippen LogP contribution in [0.2, 0.25) is 0 Å². The van der Waals surface area contributed by atoms with Crippen molar-refractivity contribution >= 4 is 21.9 Å². The molecule has 2 aromatic carbocycles. The Kier molecular flexibility index (Phi) is 3.82. The van der Waals surface area contributed by atoms with Crippen molar-refractivity contribution < 1.29 is 9.90 Å². The lowest BCUT2D eigenvalue weighted by molar-refractivity contribution is 0.0697. The van der Waals surface area contributed by atoms with Crippen molar-refractivity contribution in [3.8, 4) is 11.1 Å². The zero-order valence-electron chi connectivity index (χ0n) is 9.98. The van der Waals surface area contributed by atoms with Crippen LogP contribution in [0.15, 0.2) is 42.5 Å². The topological polar surface area (TPSA) is 37.3 Å². The summed E-state index contributed by atoms with van der Waals surface area (Å²) in [6.45, 7) is 1.85. The monoisotopic (exact) mass is 304 g/mol. The molecule has 0 unspecified atom stereocenters. The van der Waals surface area contributed by atoms with Gasteiger partial charge >= 0.3 is 5.97 Å². The van der Waals surface area contributed by atoms with Gasteiger partial charge in [0.2, 0.25) is 0 Å². The Morgan fingerprint density at radius 3 is 2.39 bits per heavy atom. The summed E-state index contributed by atoms with van der Waals surface area (Å²) in [5, 5.41) is 10.1. The van der Waals surface area contributed by atoms with Crippen molar-refractivity contribution in [1.29, 1.82) is 0 Å². The molecule has 2 aromatic rings. The lowest BCUT2D eigenvalue weighted by Crippen LogP contribution is -2.05. The first-order chi connectivity index (χ1) is 8.65. The molecule has 0 saturated heterocycles. The average Bonchev–Trinajstić information content (AvgIpc) is 2.39. The first kappa shape index (κ1) is 12.8. The van der Waals surface area contributed by atoms with E-state index in [9.17, 15) is 9.90 Å². The van der Waals surface area contributed by atoms with Gasteiger partial charge in [-0.25, -0.2) is 4.79 Å². The van der Waals surface area contributed by atoms with Crippen molar-refractivity contribution in [2.24, 2.45) is 0 Å². The van der Waals surface area contributed by atoms with Crippen molar-refractivity contribution in [2.75, 3.05) is 0 Å². The zero-order valence-corrected chi connectivity index (χ0v) is 11.6. The van der Waals surface area contributed by atoms with Gasteiger partial charge in [0, 0.05) is 5.33 Å². The molecule has 0 radical (unpaired) electrons. The molecular weight excluding hydrogens is 292 g/mol. The summed E-state index contributed by atoms with van der Waals surface area (Å²) < 4.78 is 0. The zero-order chi connectivity index (χ0) is 13.1. The van der Waals surface area contributed by atoms with Gasteiger partial charge in [-0.1, -0.05) is 58.4 Å². The highest BCUT2D eigenvalue weighted by Crippen LogP contribution is 2.29. The highest BCUT2D eigenvalue weighted by atomic mass is 79.9. The van der Waals surface area contributed by atoms with Crippen LogP contribution in [-0.4, -0.2) is 11.1 Å². The van der Waals surface area contributed by atoms with E-state index in [0.29, 0.717) is 10.9 Å². The minimum absolute atomic E-state index is 0.387. The van der Waals surface area contributed by atoms with Gasteiger partial charge in [-0.2, -0.15) is 0 Å². The van der Waals surface area contributed by atoms with Crippen LogP contribution in [0, 0.1) is 6.92 Å². The van der Waals surface area contributed by atoms with Crippen LogP contribution in [0.5, 0.6) is 0 Å². The Bertz CT molecular complexity index is 577. The predicted molar refractivity (Wildman–Crippen MR) is 76.2 cm³/mol. The summed E-state index contributed by atoms with van der Waals surface area (Å²) in [4.78, 5) is 11.5. The second kappa shape index (κ2) is 5.36. The molecular formula is C15H13BrO2. The van der Waals surface area contributed by atoms with Gasteiger partial charge in [0.15, 0.2) is 0 Å². The molecule has 0 fully saturated rings. The van der Waals surface area contributed by atoms with E-state index in [-0.39, 0.29) is 0 Å². The van der Waals surface area contributed by atoms with Crippen LogP contribution in [-0.2, 0) is 5.33 Å². The van der Waals surface area contributed by atoms with Gasteiger partial charge in [0.1, 0.15) is 0 Å². The number of carboxylic acids is 1. The van der Waals surface area contributed by atoms with Gasteiger partial charge in [-0.05, 0) is 29.2 Å². The smallest absolute Gasteiger partial charge is 0.336 e. The van der Waals surface area contributed by atoms with Gasteiger partial charge in [0.05, 0.1) is 5.56 Å². The molecule has 2 nitrogen and oxygen atoms in total. The van der Waals surface area contributed by atoms with Crippen LogP contribution < -0.4 is 0 Å². The van der Waals surface area contributed by atoms with E-state index in [1.807, 2.05) is 49.4 Å². The summed E-state index contributed by atoms with van der Waals surface area (Å²) >= 11 is 3.38. The molecule has 0 aliphatic heterocycles. The van der Waals surface area contributed by atoms with Gasteiger partial charge in [-0.3, -0.25) is 0 Å². The average molecular weight is 305 g/mol. The lowest BCUT2D eigenvalue weighted by Gasteiger charge is -2.12. The van der Waals surface area contributed by atoms with E-state index in [2.05, 4.69) is 15.9 Å². The first-order valence-corrected chi connectivity index (χ1v) is 6.74. The van der Waals surface area contributed by atoms with Crippen LogP contribution in [0.3, 0.4) is 0 Å². The number of benzene rings is 2. The normalized spacial score (nSPS) is 10.3. The van der Waals surface area contributed by atoms with Crippen molar-refractivity contribution in [3.05, 3.63) is 59.2 Å². The lowest BCUT2D eigenvalue weighted by atomic mass is 9.93. The van der Waals surface area contributed by atoms with Crippen molar-refractivity contribution in [1.82, 2.24) is 0 Å². The number of hydrogen-bond donors (Lipinski definition) is 1. The van der Waals surface area contributed by atoms with Crippen LogP contribution in [0.25, 0.3) is 11.1 Å². The Morgan fingerprint density at radius 2 is 1.83 bits per heavy atom. The fraction of sp³-hybridized carbons (Fsp3) is 0.133. The quantitative estimate of drug-likeness (QED) is 0.861. The Morgan fingerprint density at radius 1 is 1.17 bits per heavy atom. The Balaban J connectivity index is 2.69. The van der Waals surface area contributed by atoms with E-state index < -0.39 is 5.97 Å². The largest absolute Gasteiger partial charge is 0.478 e. The van der Waals surface area contributed by atoms with E-state index >= 15 is 0 Å². The molecule has 2 rings (SSSR count). The molecule has 0 amide bonds. The molecule has 0 heterocycles. The second-order valence-electron chi connectivity index (χ2n) is 4.08. The first-order valence-electron chi connectivity index (χ1n) is 5.62. The molecule has 0 spiro atoms. The summed E-state index contributed by atoms with van der Waals surface area (Å²) in [5.74, 6) is -0.880. The summed E-state index contributed by atoms with van der Waals surface area (Å²) in [5.41, 5.74) is 3.91. The maximum atomic E-state index is 11.5. The fourth-order valence-corrected chi connectivity index (χ4v) is 2.64. The van der Waals surface area contributed by atoms with Crippen LogP contribution in [0.4, 0.5) is 0 Å². The summed E-state index contributed by atoms with van der Waals surface area (Å²) in [7, 11) is 0. The molecule has 0 bridgehead atoms. The van der Waals surface area contributed by atoms with Crippen molar-refractivity contribution in [2.45, 2.75) is 12.3 Å². The molecule has 0 saturated carbocycles. The number of rotatable bonds is 3. The van der Waals surface area contributed by atoms with Crippen molar-refractivity contribution in [3.63, 3.8) is 0 Å². The minimum Gasteiger partial charge on any atom is -0.478 e. The van der Waals surface area contributed by atoms with Gasteiger partial charge in [-0.15, -0.1) is 0 Å². The SMILES string of the molecule is Cc1c(CBr)ccc(-c2ccccc2)c1C(=O)O. The molecule has 0 aromatic heterocycles. The van der Waals surface area contributed by atoms with E-state index in [4.69, 9.17) is 0 Å². The molecule has 3 heteroatoms. The van der Waals surface area contributed by atoms with Crippen LogP contribution >= 0.6 is 15.9 Å². The predicted octanol–water partition coefficient (Wildman–Crippen LogP) is 4.26. The summed E-state index contributed by atoms with van der Waals surface area (Å²) in [6, 6.07) is 13.4. The maximum absolute atomic E-state index is 11.5. The number of alkyl halides is 1. The van der Waals surface area contributed by atoms with E-state index in [0.717, 1.165) is 22.3 Å². The third kappa shape index (κ3) is 2.31. The molecule has 0 aliphatic carbocycles. The molecule has 0 aliphatic rings. The Hall–Kier alpha value is -1.61. The summed E-state index contributed by atoms with van der Waals surface area (Å²) in [6.07, 6.45) is 0. The number of carboxylic acid groups (broad SMARTS) is 1. The number of hydrogen-bond acceptors (Lipinski definition) is 1.